The second-order valence-corrected chi connectivity index (χ2v) is 5.31. The van der Waals surface area contributed by atoms with Gasteiger partial charge in [-0.3, -0.25) is 10.6 Å². The minimum Gasteiger partial charge on any atom is -0.349 e. The Bertz CT molecular complexity index is 434. The molecule has 0 bridgehead atoms. The number of anilines is 1. The summed E-state index contributed by atoms with van der Waals surface area (Å²) >= 11 is 1.68. The predicted octanol–water partition coefficient (Wildman–Crippen LogP) is 2.12. The molecule has 1 unspecified atom stereocenters. The molecule has 19 heavy (non-hydrogen) atoms. The lowest BCUT2D eigenvalue weighted by Crippen LogP contribution is -2.34. The fraction of sp³-hybridized carbons (Fsp3) is 0.417. The Morgan fingerprint density at radius 2 is 2.00 bits per heavy atom. The lowest BCUT2D eigenvalue weighted by molar-refractivity contribution is 0.0943. The molecule has 0 radical (unpaired) electrons. The molecule has 4 N–H and O–H groups in total. The SMILES string of the molecule is CCSCC(C)NC(=O)c1cc(F)c(NN)c(F)c1. The van der Waals surface area contributed by atoms with E-state index in [1.54, 1.807) is 11.8 Å². The van der Waals surface area contributed by atoms with E-state index in [-0.39, 0.29) is 11.6 Å². The van der Waals surface area contributed by atoms with Gasteiger partial charge < -0.3 is 10.7 Å². The molecule has 1 atom stereocenters. The second kappa shape index (κ2) is 7.30. The third-order valence-electron chi connectivity index (χ3n) is 2.40. The Morgan fingerprint density at radius 1 is 1.42 bits per heavy atom. The number of amides is 1. The third kappa shape index (κ3) is 4.36. The second-order valence-electron chi connectivity index (χ2n) is 3.99. The van der Waals surface area contributed by atoms with E-state index in [2.05, 4.69) is 5.32 Å². The molecule has 0 aliphatic heterocycles. The van der Waals surface area contributed by atoms with E-state index >= 15 is 0 Å². The lowest BCUT2D eigenvalue weighted by Gasteiger charge is -2.14. The molecule has 1 aromatic rings. The number of halogens is 2. The van der Waals surface area contributed by atoms with Crippen molar-refractivity contribution in [2.45, 2.75) is 19.9 Å². The summed E-state index contributed by atoms with van der Waals surface area (Å²) in [6.45, 7) is 3.85. The van der Waals surface area contributed by atoms with Crippen LogP contribution in [0, 0.1) is 11.6 Å². The van der Waals surface area contributed by atoms with Crippen molar-refractivity contribution in [1.29, 1.82) is 0 Å². The van der Waals surface area contributed by atoms with Gasteiger partial charge in [-0.15, -0.1) is 0 Å². The molecule has 0 spiro atoms. The van der Waals surface area contributed by atoms with Crippen molar-refractivity contribution in [3.63, 3.8) is 0 Å². The van der Waals surface area contributed by atoms with Crippen molar-refractivity contribution in [2.24, 2.45) is 5.84 Å². The molecular weight excluding hydrogens is 272 g/mol. The monoisotopic (exact) mass is 289 g/mol. The number of rotatable bonds is 6. The summed E-state index contributed by atoms with van der Waals surface area (Å²) in [6, 6.07) is 1.83. The lowest BCUT2D eigenvalue weighted by atomic mass is 10.1. The van der Waals surface area contributed by atoms with Gasteiger partial charge in [0.25, 0.3) is 5.91 Å². The van der Waals surface area contributed by atoms with Gasteiger partial charge in [-0.25, -0.2) is 8.78 Å². The first-order valence-electron chi connectivity index (χ1n) is 5.83. The first kappa shape index (κ1) is 15.7. The molecule has 0 aliphatic rings. The van der Waals surface area contributed by atoms with Crippen molar-refractivity contribution < 1.29 is 13.6 Å². The molecule has 4 nitrogen and oxygen atoms in total. The summed E-state index contributed by atoms with van der Waals surface area (Å²) in [6.07, 6.45) is 0. The minimum atomic E-state index is -0.900. The predicted molar refractivity (Wildman–Crippen MR) is 74.1 cm³/mol. The topological polar surface area (TPSA) is 67.2 Å². The van der Waals surface area contributed by atoms with Crippen LogP contribution >= 0.6 is 11.8 Å². The summed E-state index contributed by atoms with van der Waals surface area (Å²) in [7, 11) is 0. The molecule has 0 aromatic heterocycles. The van der Waals surface area contributed by atoms with Crippen molar-refractivity contribution >= 4 is 23.4 Å². The molecular formula is C12H17F2N3OS. The number of nitrogens with two attached hydrogens (primary N) is 1. The van der Waals surface area contributed by atoms with Gasteiger partial charge in [0, 0.05) is 17.4 Å². The zero-order valence-corrected chi connectivity index (χ0v) is 11.6. The van der Waals surface area contributed by atoms with Crippen LogP contribution in [-0.4, -0.2) is 23.5 Å². The maximum absolute atomic E-state index is 13.4. The van der Waals surface area contributed by atoms with E-state index in [9.17, 15) is 13.6 Å². The molecule has 0 aliphatic carbocycles. The van der Waals surface area contributed by atoms with E-state index in [1.165, 1.54) is 0 Å². The van der Waals surface area contributed by atoms with Crippen LogP contribution in [0.5, 0.6) is 0 Å². The van der Waals surface area contributed by atoms with Crippen LogP contribution in [0.15, 0.2) is 12.1 Å². The van der Waals surface area contributed by atoms with Crippen molar-refractivity contribution in [3.8, 4) is 0 Å². The number of nitrogens with one attached hydrogen (secondary N) is 2. The quantitative estimate of drug-likeness (QED) is 0.554. The molecule has 0 saturated heterocycles. The number of carbonyl (C=O) groups is 1. The summed E-state index contributed by atoms with van der Waals surface area (Å²) in [4.78, 5) is 11.8. The number of carbonyl (C=O) groups excluding carboxylic acids is 1. The smallest absolute Gasteiger partial charge is 0.251 e. The van der Waals surface area contributed by atoms with Gasteiger partial charge in [0.05, 0.1) is 0 Å². The van der Waals surface area contributed by atoms with Crippen LogP contribution in [0.25, 0.3) is 0 Å². The van der Waals surface area contributed by atoms with Crippen LogP contribution in [-0.2, 0) is 0 Å². The number of nitrogen functional groups attached to an aromatic ring is 1. The largest absolute Gasteiger partial charge is 0.349 e. The fourth-order valence-electron chi connectivity index (χ4n) is 1.49. The normalized spacial score (nSPS) is 12.1. The maximum Gasteiger partial charge on any atom is 0.251 e. The van der Waals surface area contributed by atoms with Gasteiger partial charge in [0.1, 0.15) is 5.69 Å². The zero-order chi connectivity index (χ0) is 14.4. The number of hydrogen-bond acceptors (Lipinski definition) is 4. The van der Waals surface area contributed by atoms with Gasteiger partial charge in [-0.05, 0) is 24.8 Å². The Balaban J connectivity index is 2.78. The van der Waals surface area contributed by atoms with Gasteiger partial charge >= 0.3 is 0 Å². The Labute approximate surface area is 115 Å². The highest BCUT2D eigenvalue weighted by atomic mass is 32.2. The molecule has 0 fully saturated rings. The zero-order valence-electron chi connectivity index (χ0n) is 10.8. The average Bonchev–Trinajstić information content (AvgIpc) is 2.35. The van der Waals surface area contributed by atoms with E-state index < -0.39 is 23.2 Å². The molecule has 1 aromatic carbocycles. The van der Waals surface area contributed by atoms with E-state index in [0.29, 0.717) is 0 Å². The number of thioether (sulfide) groups is 1. The molecule has 0 heterocycles. The van der Waals surface area contributed by atoms with Gasteiger partial charge in [0.15, 0.2) is 11.6 Å². The van der Waals surface area contributed by atoms with Crippen LogP contribution < -0.4 is 16.6 Å². The average molecular weight is 289 g/mol. The maximum atomic E-state index is 13.4. The number of hydrogen-bond donors (Lipinski definition) is 3. The Hall–Kier alpha value is -1.34. The van der Waals surface area contributed by atoms with Crippen molar-refractivity contribution in [3.05, 3.63) is 29.3 Å². The van der Waals surface area contributed by atoms with Gasteiger partial charge in [-0.2, -0.15) is 11.8 Å². The summed E-state index contributed by atoms with van der Waals surface area (Å²) in [5.41, 5.74) is 1.39. The Kier molecular flexibility index (Phi) is 6.04. The highest BCUT2D eigenvalue weighted by Crippen LogP contribution is 2.19. The molecule has 106 valence electrons. The highest BCUT2D eigenvalue weighted by molar-refractivity contribution is 7.99. The van der Waals surface area contributed by atoms with Crippen molar-refractivity contribution in [1.82, 2.24) is 5.32 Å². The standard InChI is InChI=1S/C12H17F2N3OS/c1-3-19-6-7(2)16-12(18)8-4-9(13)11(17-15)10(14)5-8/h4-5,7,17H,3,6,15H2,1-2H3,(H,16,18). The van der Waals surface area contributed by atoms with Gasteiger partial charge in [-0.1, -0.05) is 6.92 Å². The highest BCUT2D eigenvalue weighted by Gasteiger charge is 2.15. The van der Waals surface area contributed by atoms with Crippen LogP contribution in [0.3, 0.4) is 0 Å². The Morgan fingerprint density at radius 3 is 2.47 bits per heavy atom. The van der Waals surface area contributed by atoms with Crippen LogP contribution in [0.1, 0.15) is 24.2 Å². The van der Waals surface area contributed by atoms with Crippen molar-refractivity contribution in [2.75, 3.05) is 16.9 Å². The van der Waals surface area contributed by atoms with Gasteiger partial charge in [0.2, 0.25) is 0 Å². The molecule has 0 saturated carbocycles. The third-order valence-corrected chi connectivity index (χ3v) is 3.54. The van der Waals surface area contributed by atoms with E-state index in [0.717, 1.165) is 23.6 Å². The summed E-state index contributed by atoms with van der Waals surface area (Å²) < 4.78 is 26.9. The number of benzene rings is 1. The number of hydrazine groups is 1. The summed E-state index contributed by atoms with van der Waals surface area (Å²) in [5, 5.41) is 2.68. The first-order valence-corrected chi connectivity index (χ1v) is 6.99. The molecule has 1 amide bonds. The van der Waals surface area contributed by atoms with E-state index in [1.807, 2.05) is 19.3 Å². The van der Waals surface area contributed by atoms with E-state index in [4.69, 9.17) is 5.84 Å². The fourth-order valence-corrected chi connectivity index (χ4v) is 2.16. The molecule has 7 heteroatoms. The summed E-state index contributed by atoms with van der Waals surface area (Å²) in [5.74, 6) is 4.36. The van der Waals surface area contributed by atoms with Crippen LogP contribution in [0.2, 0.25) is 0 Å². The molecule has 1 rings (SSSR count). The minimum absolute atomic E-state index is 0.0673. The first-order chi connectivity index (χ1) is 8.99. The van der Waals surface area contributed by atoms with Crippen LogP contribution in [0.4, 0.5) is 14.5 Å².